The van der Waals surface area contributed by atoms with Crippen molar-refractivity contribution >= 4 is 5.91 Å². The van der Waals surface area contributed by atoms with Crippen molar-refractivity contribution in [2.24, 2.45) is 11.3 Å². The lowest BCUT2D eigenvalue weighted by atomic mass is 9.92. The largest absolute Gasteiger partial charge is 0.493 e. The quantitative estimate of drug-likeness (QED) is 0.843. The van der Waals surface area contributed by atoms with E-state index in [1.54, 1.807) is 7.11 Å². The monoisotopic (exact) mass is 318 g/mol. The molecule has 23 heavy (non-hydrogen) atoms. The van der Waals surface area contributed by atoms with Gasteiger partial charge in [-0.1, -0.05) is 6.07 Å². The highest BCUT2D eigenvalue weighted by Gasteiger charge is 2.57. The van der Waals surface area contributed by atoms with Gasteiger partial charge in [-0.15, -0.1) is 0 Å². The van der Waals surface area contributed by atoms with Gasteiger partial charge >= 0.3 is 0 Å². The molecule has 2 aliphatic rings. The van der Waals surface area contributed by atoms with Crippen LogP contribution in [0.4, 0.5) is 0 Å². The predicted octanol–water partition coefficient (Wildman–Crippen LogP) is 2.10. The van der Waals surface area contributed by atoms with Crippen molar-refractivity contribution in [3.05, 3.63) is 23.8 Å². The van der Waals surface area contributed by atoms with Crippen LogP contribution in [0.25, 0.3) is 0 Å². The fourth-order valence-corrected chi connectivity index (χ4v) is 3.61. The van der Waals surface area contributed by atoms with Gasteiger partial charge in [-0.3, -0.25) is 4.79 Å². The van der Waals surface area contributed by atoms with Crippen LogP contribution in [0.5, 0.6) is 11.5 Å². The molecule has 1 unspecified atom stereocenters. The summed E-state index contributed by atoms with van der Waals surface area (Å²) in [5.41, 5.74) is 1.31. The molecular formula is C18H26N2O3. The molecule has 0 bridgehead atoms. The first kappa shape index (κ1) is 16.1. The smallest absolute Gasteiger partial charge is 0.223 e. The molecule has 0 aromatic heterocycles. The number of carbonyl (C=O) groups excluding carboxylic acids is 1. The summed E-state index contributed by atoms with van der Waals surface area (Å²) in [4.78, 5) is 12.4. The molecule has 1 atom stereocenters. The average molecular weight is 318 g/mol. The van der Waals surface area contributed by atoms with E-state index >= 15 is 0 Å². The predicted molar refractivity (Wildman–Crippen MR) is 88.7 cm³/mol. The first-order chi connectivity index (χ1) is 11.2. The maximum absolute atomic E-state index is 12.4. The molecule has 1 amide bonds. The maximum Gasteiger partial charge on any atom is 0.223 e. The Hall–Kier alpha value is -1.75. The molecule has 3 rings (SSSR count). The van der Waals surface area contributed by atoms with Crippen molar-refractivity contribution in [2.45, 2.75) is 32.7 Å². The van der Waals surface area contributed by atoms with E-state index in [2.05, 4.69) is 10.6 Å². The van der Waals surface area contributed by atoms with Crippen LogP contribution in [0.3, 0.4) is 0 Å². The molecule has 2 fully saturated rings. The number of benzene rings is 1. The molecule has 1 aromatic rings. The van der Waals surface area contributed by atoms with E-state index in [1.165, 1.54) is 0 Å². The SMILES string of the molecule is CCOc1cc(CNC(=O)C2CC23CCNCC3)ccc1OC. The Kier molecular flexibility index (Phi) is 4.76. The highest BCUT2D eigenvalue weighted by atomic mass is 16.5. The van der Waals surface area contributed by atoms with Crippen LogP contribution in [0.15, 0.2) is 18.2 Å². The summed E-state index contributed by atoms with van der Waals surface area (Å²) in [6.07, 6.45) is 3.30. The van der Waals surface area contributed by atoms with Crippen molar-refractivity contribution in [2.75, 3.05) is 26.8 Å². The molecule has 5 nitrogen and oxygen atoms in total. The fourth-order valence-electron chi connectivity index (χ4n) is 3.61. The first-order valence-electron chi connectivity index (χ1n) is 8.46. The second kappa shape index (κ2) is 6.79. The van der Waals surface area contributed by atoms with Gasteiger partial charge in [0.2, 0.25) is 5.91 Å². The van der Waals surface area contributed by atoms with E-state index in [4.69, 9.17) is 9.47 Å². The second-order valence-corrected chi connectivity index (χ2v) is 6.51. The van der Waals surface area contributed by atoms with Gasteiger partial charge in [-0.05, 0) is 62.4 Å². The Balaban J connectivity index is 1.56. The van der Waals surface area contributed by atoms with Gasteiger partial charge in [-0.25, -0.2) is 0 Å². The number of rotatable bonds is 6. The summed E-state index contributed by atoms with van der Waals surface area (Å²) in [5.74, 6) is 1.84. The molecule has 1 aliphatic heterocycles. The van der Waals surface area contributed by atoms with Gasteiger partial charge in [-0.2, -0.15) is 0 Å². The van der Waals surface area contributed by atoms with E-state index in [1.807, 2.05) is 25.1 Å². The zero-order valence-electron chi connectivity index (χ0n) is 14.0. The highest BCUT2D eigenvalue weighted by Crippen LogP contribution is 2.58. The number of hydrogen-bond acceptors (Lipinski definition) is 4. The summed E-state index contributed by atoms with van der Waals surface area (Å²) < 4.78 is 10.9. The number of hydrogen-bond donors (Lipinski definition) is 2. The summed E-state index contributed by atoms with van der Waals surface area (Å²) in [6, 6.07) is 5.79. The number of ether oxygens (including phenoxy) is 2. The molecule has 5 heteroatoms. The minimum atomic E-state index is 0.195. The third kappa shape index (κ3) is 3.44. The molecule has 1 saturated heterocycles. The van der Waals surface area contributed by atoms with E-state index in [0.29, 0.717) is 13.2 Å². The minimum absolute atomic E-state index is 0.195. The van der Waals surface area contributed by atoms with Gasteiger partial charge in [0.25, 0.3) is 0 Å². The van der Waals surface area contributed by atoms with Crippen molar-refractivity contribution in [3.63, 3.8) is 0 Å². The topological polar surface area (TPSA) is 59.6 Å². The van der Waals surface area contributed by atoms with Gasteiger partial charge < -0.3 is 20.1 Å². The molecule has 1 heterocycles. The zero-order chi connectivity index (χ0) is 16.3. The van der Waals surface area contributed by atoms with Crippen LogP contribution in [0, 0.1) is 11.3 Å². The lowest BCUT2D eigenvalue weighted by Gasteiger charge is -2.23. The van der Waals surface area contributed by atoms with Crippen LogP contribution in [0.2, 0.25) is 0 Å². The van der Waals surface area contributed by atoms with E-state index in [0.717, 1.165) is 49.4 Å². The van der Waals surface area contributed by atoms with Crippen LogP contribution in [0.1, 0.15) is 31.7 Å². The standard InChI is InChI=1S/C18H26N2O3/c1-3-23-16-10-13(4-5-15(16)22-2)12-20-17(21)14-11-18(14)6-8-19-9-7-18/h4-5,10,14,19H,3,6-9,11-12H2,1-2H3,(H,20,21). The highest BCUT2D eigenvalue weighted by molar-refractivity contribution is 5.82. The Morgan fingerprint density at radius 1 is 1.35 bits per heavy atom. The van der Waals surface area contributed by atoms with Crippen LogP contribution >= 0.6 is 0 Å². The van der Waals surface area contributed by atoms with E-state index in [-0.39, 0.29) is 17.2 Å². The minimum Gasteiger partial charge on any atom is -0.493 e. The molecule has 2 N–H and O–H groups in total. The fraction of sp³-hybridized carbons (Fsp3) is 0.611. The maximum atomic E-state index is 12.4. The van der Waals surface area contributed by atoms with E-state index < -0.39 is 0 Å². The summed E-state index contributed by atoms with van der Waals surface area (Å²) in [5, 5.41) is 6.45. The lowest BCUT2D eigenvalue weighted by Crippen LogP contribution is -2.33. The molecule has 126 valence electrons. The van der Waals surface area contributed by atoms with Gasteiger partial charge in [0.1, 0.15) is 0 Å². The van der Waals surface area contributed by atoms with Crippen molar-refractivity contribution in [1.29, 1.82) is 0 Å². The number of piperidine rings is 1. The van der Waals surface area contributed by atoms with Crippen molar-refractivity contribution < 1.29 is 14.3 Å². The normalized spacial score (nSPS) is 21.7. The molecular weight excluding hydrogens is 292 g/mol. The second-order valence-electron chi connectivity index (χ2n) is 6.51. The number of amides is 1. The van der Waals surface area contributed by atoms with Crippen molar-refractivity contribution in [1.82, 2.24) is 10.6 Å². The summed E-state index contributed by atoms with van der Waals surface area (Å²) >= 11 is 0. The molecule has 0 radical (unpaired) electrons. The number of carbonyl (C=O) groups is 1. The van der Waals surface area contributed by atoms with Crippen LogP contribution in [-0.4, -0.2) is 32.7 Å². The Labute approximate surface area is 137 Å². The zero-order valence-corrected chi connectivity index (χ0v) is 14.0. The third-order valence-electron chi connectivity index (χ3n) is 5.10. The van der Waals surface area contributed by atoms with E-state index in [9.17, 15) is 4.79 Å². The summed E-state index contributed by atoms with van der Waals surface area (Å²) in [6.45, 7) is 5.15. The van der Waals surface area contributed by atoms with Gasteiger partial charge in [0.15, 0.2) is 11.5 Å². The van der Waals surface area contributed by atoms with Crippen LogP contribution in [-0.2, 0) is 11.3 Å². The Bertz CT molecular complexity index is 567. The number of nitrogens with one attached hydrogen (secondary N) is 2. The molecule has 1 spiro atoms. The molecule has 1 aliphatic carbocycles. The summed E-state index contributed by atoms with van der Waals surface area (Å²) in [7, 11) is 1.63. The Morgan fingerprint density at radius 3 is 2.83 bits per heavy atom. The average Bonchev–Trinajstić information content (AvgIpc) is 3.27. The van der Waals surface area contributed by atoms with Gasteiger partial charge in [0.05, 0.1) is 13.7 Å². The van der Waals surface area contributed by atoms with Crippen molar-refractivity contribution in [3.8, 4) is 11.5 Å². The molecule has 1 aromatic carbocycles. The first-order valence-corrected chi connectivity index (χ1v) is 8.46. The third-order valence-corrected chi connectivity index (χ3v) is 5.10. The van der Waals surface area contributed by atoms with Gasteiger partial charge in [0, 0.05) is 12.5 Å². The van der Waals surface area contributed by atoms with Crippen LogP contribution < -0.4 is 20.1 Å². The molecule has 1 saturated carbocycles. The number of methoxy groups -OCH3 is 1. The lowest BCUT2D eigenvalue weighted by molar-refractivity contribution is -0.123. The Morgan fingerprint density at radius 2 is 2.13 bits per heavy atom.